The van der Waals surface area contributed by atoms with E-state index in [1.807, 2.05) is 48.5 Å². The molecule has 0 radical (unpaired) electrons. The van der Waals surface area contributed by atoms with Gasteiger partial charge >= 0.3 is 0 Å². The Balaban J connectivity index is 1.24. The Kier molecular flexibility index (Phi) is 5.70. The minimum absolute atomic E-state index is 0.0893. The van der Waals surface area contributed by atoms with Crippen LogP contribution in [0, 0.1) is 5.92 Å². The number of para-hydroxylation sites is 2. The summed E-state index contributed by atoms with van der Waals surface area (Å²) in [5.74, 6) is 0.419. The summed E-state index contributed by atoms with van der Waals surface area (Å²) in [6.45, 7) is 0.655. The lowest BCUT2D eigenvalue weighted by atomic mass is 9.97. The highest BCUT2D eigenvalue weighted by Crippen LogP contribution is 2.26. The van der Waals surface area contributed by atoms with Gasteiger partial charge in [0.25, 0.3) is 0 Å². The summed E-state index contributed by atoms with van der Waals surface area (Å²) >= 11 is 0. The molecule has 5 rings (SSSR count). The number of hydrogen-bond donors (Lipinski definition) is 2. The van der Waals surface area contributed by atoms with Crippen molar-refractivity contribution in [3.8, 4) is 11.4 Å². The quantitative estimate of drug-likeness (QED) is 0.465. The maximum absolute atomic E-state index is 12.9. The molecule has 7 nitrogen and oxygen atoms in total. The first-order valence-electron chi connectivity index (χ1n) is 10.9. The Morgan fingerprint density at radius 3 is 2.42 bits per heavy atom. The van der Waals surface area contributed by atoms with Crippen molar-refractivity contribution in [2.45, 2.75) is 17.7 Å². The van der Waals surface area contributed by atoms with Crippen molar-refractivity contribution < 1.29 is 13.2 Å². The summed E-state index contributed by atoms with van der Waals surface area (Å²) in [5, 5.41) is 2.99. The molecular formula is C25H24N4O3S. The van der Waals surface area contributed by atoms with Gasteiger partial charge in [-0.2, -0.15) is 4.31 Å². The van der Waals surface area contributed by atoms with Crippen molar-refractivity contribution in [1.82, 2.24) is 14.3 Å². The van der Waals surface area contributed by atoms with Crippen LogP contribution in [0.1, 0.15) is 12.8 Å². The van der Waals surface area contributed by atoms with Crippen LogP contribution in [0.25, 0.3) is 22.4 Å². The largest absolute Gasteiger partial charge is 0.338 e. The van der Waals surface area contributed by atoms with Crippen molar-refractivity contribution in [3.05, 3.63) is 78.9 Å². The average molecular weight is 461 g/mol. The second kappa shape index (κ2) is 8.80. The zero-order valence-corrected chi connectivity index (χ0v) is 18.8. The molecule has 0 atom stereocenters. The molecule has 1 aliphatic heterocycles. The topological polar surface area (TPSA) is 95.2 Å². The molecule has 33 heavy (non-hydrogen) atoms. The van der Waals surface area contributed by atoms with Gasteiger partial charge in [0.15, 0.2) is 0 Å². The van der Waals surface area contributed by atoms with E-state index >= 15 is 0 Å². The van der Waals surface area contributed by atoms with Crippen LogP contribution in [-0.2, 0) is 14.8 Å². The molecule has 4 aromatic rings. The Bertz CT molecular complexity index is 1360. The molecule has 0 aliphatic carbocycles. The lowest BCUT2D eigenvalue weighted by molar-refractivity contribution is -0.120. The molecular weight excluding hydrogens is 436 g/mol. The van der Waals surface area contributed by atoms with Gasteiger partial charge in [-0.3, -0.25) is 4.79 Å². The van der Waals surface area contributed by atoms with Crippen LogP contribution in [0.5, 0.6) is 0 Å². The first kappa shape index (κ1) is 21.4. The number of nitrogens with zero attached hydrogens (tertiary/aromatic N) is 2. The molecule has 1 aromatic heterocycles. The smallest absolute Gasteiger partial charge is 0.243 e. The van der Waals surface area contributed by atoms with Gasteiger partial charge < -0.3 is 10.3 Å². The number of anilines is 1. The summed E-state index contributed by atoms with van der Waals surface area (Å²) in [6.07, 6.45) is 0.975. The maximum atomic E-state index is 12.9. The zero-order chi connectivity index (χ0) is 22.8. The number of H-pyrrole nitrogens is 1. The van der Waals surface area contributed by atoms with E-state index in [0.717, 1.165) is 22.4 Å². The number of rotatable bonds is 5. The van der Waals surface area contributed by atoms with Gasteiger partial charge in [-0.25, -0.2) is 13.4 Å². The molecule has 8 heteroatoms. The molecule has 1 fully saturated rings. The van der Waals surface area contributed by atoms with Gasteiger partial charge in [-0.1, -0.05) is 42.5 Å². The Labute approximate surface area is 192 Å². The van der Waals surface area contributed by atoms with Gasteiger partial charge in [0.2, 0.25) is 15.9 Å². The highest BCUT2D eigenvalue weighted by Gasteiger charge is 2.32. The highest BCUT2D eigenvalue weighted by atomic mass is 32.2. The van der Waals surface area contributed by atoms with Crippen LogP contribution < -0.4 is 5.32 Å². The lowest BCUT2D eigenvalue weighted by Crippen LogP contribution is -2.41. The molecule has 168 valence electrons. The van der Waals surface area contributed by atoms with Crippen molar-refractivity contribution in [2.75, 3.05) is 18.4 Å². The van der Waals surface area contributed by atoms with Crippen LogP contribution >= 0.6 is 0 Å². The van der Waals surface area contributed by atoms with E-state index < -0.39 is 10.0 Å². The Morgan fingerprint density at radius 2 is 1.67 bits per heavy atom. The molecule has 1 saturated heterocycles. The first-order valence-corrected chi connectivity index (χ1v) is 12.4. The maximum Gasteiger partial charge on any atom is 0.243 e. The number of carbonyl (C=O) groups is 1. The van der Waals surface area contributed by atoms with Crippen LogP contribution in [0.2, 0.25) is 0 Å². The number of benzene rings is 3. The van der Waals surface area contributed by atoms with Gasteiger partial charge in [-0.05, 0) is 49.2 Å². The van der Waals surface area contributed by atoms with E-state index in [1.54, 1.807) is 30.3 Å². The van der Waals surface area contributed by atoms with Crippen molar-refractivity contribution in [3.63, 3.8) is 0 Å². The molecule has 3 aromatic carbocycles. The number of carbonyl (C=O) groups excluding carboxylic acids is 1. The molecule has 0 spiro atoms. The van der Waals surface area contributed by atoms with Crippen LogP contribution in [0.3, 0.4) is 0 Å². The molecule has 2 N–H and O–H groups in total. The monoisotopic (exact) mass is 460 g/mol. The first-order chi connectivity index (χ1) is 16.0. The standard InChI is InChI=1S/C25H24N4O3S/c30-25(18-13-15-29(16-14-18)33(31,32)21-9-2-1-3-10-21)26-20-8-6-7-19(17-20)24-27-22-11-4-5-12-23(22)28-24/h1-12,17-18H,13-16H2,(H,26,30)(H,27,28). The number of piperidine rings is 1. The molecule has 1 amide bonds. The van der Waals surface area contributed by atoms with Crippen LogP contribution in [0.4, 0.5) is 5.69 Å². The van der Waals surface area contributed by atoms with E-state index in [0.29, 0.717) is 31.6 Å². The number of sulfonamides is 1. The highest BCUT2D eigenvalue weighted by molar-refractivity contribution is 7.89. The summed E-state index contributed by atoms with van der Waals surface area (Å²) < 4.78 is 27.1. The normalized spacial score (nSPS) is 15.5. The predicted octanol–water partition coefficient (Wildman–Crippen LogP) is 4.27. The fraction of sp³-hybridized carbons (Fsp3) is 0.200. The number of nitrogens with one attached hydrogen (secondary N) is 2. The predicted molar refractivity (Wildman–Crippen MR) is 128 cm³/mol. The summed E-state index contributed by atoms with van der Waals surface area (Å²) in [5.41, 5.74) is 3.42. The van der Waals surface area contributed by atoms with Crippen molar-refractivity contribution >= 4 is 32.7 Å². The number of fused-ring (bicyclic) bond motifs is 1. The number of amides is 1. The van der Waals surface area contributed by atoms with E-state index in [2.05, 4.69) is 15.3 Å². The van der Waals surface area contributed by atoms with Gasteiger partial charge in [0.1, 0.15) is 5.82 Å². The van der Waals surface area contributed by atoms with E-state index in [1.165, 1.54) is 4.31 Å². The fourth-order valence-electron chi connectivity index (χ4n) is 4.18. The number of imidazole rings is 1. The Morgan fingerprint density at radius 1 is 0.939 bits per heavy atom. The molecule has 0 saturated carbocycles. The van der Waals surface area contributed by atoms with Gasteiger partial charge in [0, 0.05) is 30.3 Å². The number of aromatic nitrogens is 2. The summed E-state index contributed by atoms with van der Waals surface area (Å²) in [6, 6.07) is 23.8. The molecule has 1 aliphatic rings. The second-order valence-corrected chi connectivity index (χ2v) is 10.1. The summed E-state index contributed by atoms with van der Waals surface area (Å²) in [7, 11) is -3.53. The van der Waals surface area contributed by atoms with Gasteiger partial charge in [0.05, 0.1) is 15.9 Å². The van der Waals surface area contributed by atoms with E-state index in [9.17, 15) is 13.2 Å². The van der Waals surface area contributed by atoms with Crippen LogP contribution in [-0.4, -0.2) is 41.7 Å². The zero-order valence-electron chi connectivity index (χ0n) is 17.9. The average Bonchev–Trinajstić information content (AvgIpc) is 3.29. The third-order valence-corrected chi connectivity index (χ3v) is 7.91. The number of aromatic amines is 1. The minimum Gasteiger partial charge on any atom is -0.338 e. The SMILES string of the molecule is O=C(Nc1cccc(-c2nc3ccccc3[nH]2)c1)C1CCN(S(=O)(=O)c2ccccc2)CC1. The third-order valence-electron chi connectivity index (χ3n) is 6.00. The fourth-order valence-corrected chi connectivity index (χ4v) is 5.67. The minimum atomic E-state index is -3.53. The lowest BCUT2D eigenvalue weighted by Gasteiger charge is -2.30. The van der Waals surface area contributed by atoms with E-state index in [-0.39, 0.29) is 16.7 Å². The molecule has 0 unspecified atom stereocenters. The number of hydrogen-bond acceptors (Lipinski definition) is 4. The molecule has 0 bridgehead atoms. The summed E-state index contributed by atoms with van der Waals surface area (Å²) in [4.78, 5) is 21.1. The molecule has 2 heterocycles. The second-order valence-electron chi connectivity index (χ2n) is 8.16. The van der Waals surface area contributed by atoms with Crippen molar-refractivity contribution in [2.24, 2.45) is 5.92 Å². The third kappa shape index (κ3) is 4.40. The Hall–Kier alpha value is -3.49. The van der Waals surface area contributed by atoms with Gasteiger partial charge in [-0.15, -0.1) is 0 Å². The van der Waals surface area contributed by atoms with Crippen LogP contribution in [0.15, 0.2) is 83.8 Å². The van der Waals surface area contributed by atoms with E-state index in [4.69, 9.17) is 0 Å². The van der Waals surface area contributed by atoms with Crippen molar-refractivity contribution in [1.29, 1.82) is 0 Å².